The van der Waals surface area contributed by atoms with Crippen molar-refractivity contribution in [2.24, 2.45) is 5.92 Å². The molecule has 2 unspecified atom stereocenters. The molecule has 7 nitrogen and oxygen atoms in total. The molecule has 1 amide bonds. The molecule has 2 aliphatic heterocycles. The van der Waals surface area contributed by atoms with Gasteiger partial charge >= 0.3 is 0 Å². The summed E-state index contributed by atoms with van der Waals surface area (Å²) in [6, 6.07) is 21.3. The van der Waals surface area contributed by atoms with Gasteiger partial charge in [0.25, 0.3) is 11.5 Å². The molecule has 0 radical (unpaired) electrons. The number of anilines is 1. The summed E-state index contributed by atoms with van der Waals surface area (Å²) in [5, 5.41) is 3.93. The van der Waals surface area contributed by atoms with Gasteiger partial charge in [-0.3, -0.25) is 14.6 Å². The molecule has 3 aromatic heterocycles. The van der Waals surface area contributed by atoms with Gasteiger partial charge in [0, 0.05) is 67.7 Å². The number of nitrogens with one attached hydrogen (secondary N) is 1. The van der Waals surface area contributed by atoms with Crippen LogP contribution in [0.3, 0.4) is 0 Å². The maximum Gasteiger partial charge on any atom is 0.263 e. The van der Waals surface area contributed by atoms with E-state index in [1.54, 1.807) is 12.3 Å². The number of thiazole rings is 1. The Balaban J connectivity index is 1.26. The first-order valence-corrected chi connectivity index (χ1v) is 13.2. The molecule has 4 aromatic rings. The fraction of sp³-hybridized carbons (Fsp3) is 0.286. The van der Waals surface area contributed by atoms with Gasteiger partial charge in [0.05, 0.1) is 5.69 Å². The van der Waals surface area contributed by atoms with Crippen LogP contribution >= 0.6 is 11.3 Å². The lowest BCUT2D eigenvalue weighted by atomic mass is 9.83. The number of aromatic nitrogens is 3. The normalized spacial score (nSPS) is 18.5. The lowest BCUT2D eigenvalue weighted by molar-refractivity contribution is 0.0958. The topological polar surface area (TPSA) is 80.1 Å². The molecule has 2 aliphatic rings. The number of amides is 1. The van der Waals surface area contributed by atoms with Gasteiger partial charge in [-0.1, -0.05) is 53.8 Å². The molecule has 1 aromatic carbocycles. The molecule has 182 valence electrons. The molecule has 5 heterocycles. The largest absolute Gasteiger partial charge is 0.351 e. The van der Waals surface area contributed by atoms with Crippen LogP contribution in [0.1, 0.15) is 33.4 Å². The number of benzene rings is 1. The molecule has 8 heteroatoms. The number of pyridine rings is 2. The van der Waals surface area contributed by atoms with Crippen molar-refractivity contribution >= 4 is 22.4 Å². The lowest BCUT2D eigenvalue weighted by Gasteiger charge is -2.42. The molecule has 0 spiro atoms. The number of carbonyl (C=O) groups excluding carboxylic acids is 1. The molecule has 2 bridgehead atoms. The highest BCUT2D eigenvalue weighted by Gasteiger charge is 2.36. The Labute approximate surface area is 213 Å². The highest BCUT2D eigenvalue weighted by Crippen LogP contribution is 2.40. The van der Waals surface area contributed by atoms with Gasteiger partial charge < -0.3 is 14.8 Å². The smallest absolute Gasteiger partial charge is 0.263 e. The average molecular weight is 498 g/mol. The number of piperidine rings is 1. The minimum Gasteiger partial charge on any atom is -0.351 e. The molecular formula is C28H27N5O2S. The fourth-order valence-corrected chi connectivity index (χ4v) is 6.40. The van der Waals surface area contributed by atoms with Gasteiger partial charge in [-0.15, -0.1) is 0 Å². The third kappa shape index (κ3) is 4.44. The van der Waals surface area contributed by atoms with Crippen molar-refractivity contribution in [2.75, 3.05) is 24.5 Å². The number of fused-ring (bicyclic) bond motifs is 4. The summed E-state index contributed by atoms with van der Waals surface area (Å²) in [5.74, 6) is 0.560. The van der Waals surface area contributed by atoms with E-state index in [-0.39, 0.29) is 17.4 Å². The van der Waals surface area contributed by atoms with Crippen LogP contribution in [0, 0.1) is 5.92 Å². The standard InChI is InChI=1S/C28H27N5O2S/c34-24-11-6-10-23-21-15-19(17-33(23)24)16-32(18-21)28-31-25(20-7-2-1-3-8-20)26(36-28)27(35)30-14-12-22-9-4-5-13-29-22/h1-11,13,19,21H,12,14-18H2,(H,30,35). The number of hydrogen-bond donors (Lipinski definition) is 1. The summed E-state index contributed by atoms with van der Waals surface area (Å²) in [7, 11) is 0. The summed E-state index contributed by atoms with van der Waals surface area (Å²) in [6.45, 7) is 2.87. The molecule has 0 aliphatic carbocycles. The Hall–Kier alpha value is -3.78. The second-order valence-corrected chi connectivity index (χ2v) is 10.4. The monoisotopic (exact) mass is 497 g/mol. The van der Waals surface area contributed by atoms with Gasteiger partial charge in [-0.05, 0) is 30.5 Å². The average Bonchev–Trinajstić information content (AvgIpc) is 3.36. The SMILES string of the molecule is O=C(NCCc1ccccn1)c1sc(N2CC3CC(C2)c2cccc(=O)n2C3)nc1-c1ccccc1. The molecular weight excluding hydrogens is 470 g/mol. The van der Waals surface area contributed by atoms with Crippen molar-refractivity contribution in [1.82, 2.24) is 19.9 Å². The van der Waals surface area contributed by atoms with Crippen LogP contribution in [0.5, 0.6) is 0 Å². The number of carbonyl (C=O) groups is 1. The summed E-state index contributed by atoms with van der Waals surface area (Å²) in [5.41, 5.74) is 3.80. The van der Waals surface area contributed by atoms with Crippen LogP contribution < -0.4 is 15.8 Å². The van der Waals surface area contributed by atoms with E-state index in [0.29, 0.717) is 23.8 Å². The first-order chi connectivity index (χ1) is 17.7. The van der Waals surface area contributed by atoms with E-state index in [1.807, 2.05) is 59.2 Å². The van der Waals surface area contributed by atoms with E-state index in [4.69, 9.17) is 4.98 Å². The number of rotatable bonds is 6. The van der Waals surface area contributed by atoms with Crippen molar-refractivity contribution in [1.29, 1.82) is 0 Å². The number of nitrogens with zero attached hydrogens (tertiary/aromatic N) is 4. The molecule has 1 fully saturated rings. The highest BCUT2D eigenvalue weighted by atomic mass is 32.1. The minimum atomic E-state index is -0.109. The van der Waals surface area contributed by atoms with E-state index in [9.17, 15) is 9.59 Å². The number of hydrogen-bond acceptors (Lipinski definition) is 6. The fourth-order valence-electron chi connectivity index (χ4n) is 5.37. The summed E-state index contributed by atoms with van der Waals surface area (Å²) in [6.07, 6.45) is 3.52. The van der Waals surface area contributed by atoms with E-state index < -0.39 is 0 Å². The summed E-state index contributed by atoms with van der Waals surface area (Å²) >= 11 is 1.46. The first kappa shape index (κ1) is 22.7. The third-order valence-corrected chi connectivity index (χ3v) is 8.13. The predicted octanol–water partition coefficient (Wildman–Crippen LogP) is 3.96. The minimum absolute atomic E-state index is 0.0842. The van der Waals surface area contributed by atoms with Crippen LogP contribution in [-0.4, -0.2) is 40.1 Å². The molecule has 1 saturated heterocycles. The molecule has 6 rings (SSSR count). The Bertz CT molecular complexity index is 1430. The zero-order chi connectivity index (χ0) is 24.5. The van der Waals surface area contributed by atoms with E-state index in [0.717, 1.165) is 53.8 Å². The molecule has 36 heavy (non-hydrogen) atoms. The highest BCUT2D eigenvalue weighted by molar-refractivity contribution is 7.18. The molecule has 2 atom stereocenters. The van der Waals surface area contributed by atoms with Crippen molar-refractivity contribution in [3.05, 3.63) is 99.5 Å². The summed E-state index contributed by atoms with van der Waals surface area (Å²) < 4.78 is 1.94. The second-order valence-electron chi connectivity index (χ2n) is 9.47. The maximum atomic E-state index is 13.3. The zero-order valence-electron chi connectivity index (χ0n) is 19.8. The third-order valence-electron chi connectivity index (χ3n) is 7.01. The van der Waals surface area contributed by atoms with Gasteiger partial charge in [0.2, 0.25) is 0 Å². The molecule has 0 saturated carbocycles. The van der Waals surface area contributed by atoms with E-state index in [1.165, 1.54) is 11.3 Å². The van der Waals surface area contributed by atoms with Crippen LogP contribution in [0.2, 0.25) is 0 Å². The van der Waals surface area contributed by atoms with Crippen LogP contribution in [0.15, 0.2) is 77.7 Å². The van der Waals surface area contributed by atoms with E-state index >= 15 is 0 Å². The quantitative estimate of drug-likeness (QED) is 0.436. The lowest BCUT2D eigenvalue weighted by Crippen LogP contribution is -2.47. The Morgan fingerprint density at radius 1 is 1.00 bits per heavy atom. The van der Waals surface area contributed by atoms with Crippen LogP contribution in [0.4, 0.5) is 5.13 Å². The van der Waals surface area contributed by atoms with Crippen molar-refractivity contribution in [3.8, 4) is 11.3 Å². The Morgan fingerprint density at radius 2 is 1.86 bits per heavy atom. The van der Waals surface area contributed by atoms with Crippen molar-refractivity contribution < 1.29 is 4.79 Å². The van der Waals surface area contributed by atoms with Gasteiger partial charge in [-0.25, -0.2) is 4.98 Å². The van der Waals surface area contributed by atoms with Gasteiger partial charge in [0.15, 0.2) is 5.13 Å². The zero-order valence-corrected chi connectivity index (χ0v) is 20.7. The maximum absolute atomic E-state index is 13.3. The van der Waals surface area contributed by atoms with Gasteiger partial charge in [0.1, 0.15) is 4.88 Å². The van der Waals surface area contributed by atoms with Crippen molar-refractivity contribution in [2.45, 2.75) is 25.3 Å². The van der Waals surface area contributed by atoms with Crippen molar-refractivity contribution in [3.63, 3.8) is 0 Å². The first-order valence-electron chi connectivity index (χ1n) is 12.3. The molecule has 1 N–H and O–H groups in total. The van der Waals surface area contributed by atoms with Gasteiger partial charge in [-0.2, -0.15) is 0 Å². The van der Waals surface area contributed by atoms with E-state index in [2.05, 4.69) is 21.3 Å². The predicted molar refractivity (Wildman–Crippen MR) is 142 cm³/mol. The summed E-state index contributed by atoms with van der Waals surface area (Å²) in [4.78, 5) is 38.0. The Kier molecular flexibility index (Phi) is 6.11. The van der Waals surface area contributed by atoms with Crippen LogP contribution in [0.25, 0.3) is 11.3 Å². The van der Waals surface area contributed by atoms with Crippen LogP contribution in [-0.2, 0) is 13.0 Å². The second kappa shape index (κ2) is 9.70. The Morgan fingerprint density at radius 3 is 2.69 bits per heavy atom.